The number of hydrogen-bond donors (Lipinski definition) is 0. The van der Waals surface area contributed by atoms with Crippen LogP contribution < -0.4 is 4.74 Å². The van der Waals surface area contributed by atoms with Gasteiger partial charge in [0.2, 0.25) is 0 Å². The van der Waals surface area contributed by atoms with Gasteiger partial charge in [0.05, 0.1) is 4.92 Å². The zero-order valence-electron chi connectivity index (χ0n) is 15.4. The quantitative estimate of drug-likeness (QED) is 0.529. The first kappa shape index (κ1) is 19.1. The molecular formula is C21H25N3O3. The van der Waals surface area contributed by atoms with Crippen molar-refractivity contribution in [3.63, 3.8) is 0 Å². The van der Waals surface area contributed by atoms with E-state index in [0.717, 1.165) is 39.3 Å². The van der Waals surface area contributed by atoms with Crippen LogP contribution in [0.3, 0.4) is 0 Å². The average molecular weight is 367 g/mol. The lowest BCUT2D eigenvalue weighted by Gasteiger charge is -2.33. The molecule has 6 nitrogen and oxygen atoms in total. The van der Waals surface area contributed by atoms with Gasteiger partial charge in [0.15, 0.2) is 5.75 Å². The minimum absolute atomic E-state index is 0.0209. The maximum Gasteiger partial charge on any atom is 0.310 e. The molecular weight excluding hydrogens is 342 g/mol. The van der Waals surface area contributed by atoms with Crippen LogP contribution in [0.5, 0.6) is 5.75 Å². The van der Waals surface area contributed by atoms with Gasteiger partial charge >= 0.3 is 5.69 Å². The predicted octanol–water partition coefficient (Wildman–Crippen LogP) is 3.30. The first-order chi connectivity index (χ1) is 13.2. The smallest absolute Gasteiger partial charge is 0.310 e. The van der Waals surface area contributed by atoms with E-state index < -0.39 is 4.92 Å². The van der Waals surface area contributed by atoms with Gasteiger partial charge in [-0.25, -0.2) is 0 Å². The van der Waals surface area contributed by atoms with Gasteiger partial charge in [-0.3, -0.25) is 19.9 Å². The molecule has 0 saturated carbocycles. The summed E-state index contributed by atoms with van der Waals surface area (Å²) in [5.41, 5.74) is 1.25. The second kappa shape index (κ2) is 9.85. The monoisotopic (exact) mass is 367 g/mol. The number of benzene rings is 2. The molecule has 0 aromatic heterocycles. The van der Waals surface area contributed by atoms with Crippen molar-refractivity contribution in [2.75, 3.05) is 45.9 Å². The van der Waals surface area contributed by atoms with Crippen LogP contribution in [0.2, 0.25) is 0 Å². The highest BCUT2D eigenvalue weighted by Gasteiger charge is 2.17. The number of para-hydroxylation sites is 2. The van der Waals surface area contributed by atoms with Crippen molar-refractivity contribution in [1.82, 2.24) is 9.80 Å². The van der Waals surface area contributed by atoms with E-state index in [0.29, 0.717) is 12.4 Å². The first-order valence-electron chi connectivity index (χ1n) is 9.25. The summed E-state index contributed by atoms with van der Waals surface area (Å²) in [6.07, 6.45) is 4.37. The molecule has 2 aromatic rings. The molecule has 1 aliphatic heterocycles. The largest absolute Gasteiger partial charge is 0.485 e. The van der Waals surface area contributed by atoms with Crippen LogP contribution in [0.25, 0.3) is 6.08 Å². The molecule has 0 unspecified atom stereocenters. The average Bonchev–Trinajstić information content (AvgIpc) is 2.70. The molecule has 0 radical (unpaired) electrons. The van der Waals surface area contributed by atoms with Crippen LogP contribution in [0.15, 0.2) is 60.7 Å². The summed E-state index contributed by atoms with van der Waals surface area (Å²) in [5.74, 6) is 0.340. The number of nitrogens with zero attached hydrogens (tertiary/aromatic N) is 3. The third kappa shape index (κ3) is 5.91. The van der Waals surface area contributed by atoms with Gasteiger partial charge in [0.1, 0.15) is 6.61 Å². The third-order valence-electron chi connectivity index (χ3n) is 4.67. The molecule has 0 atom stereocenters. The second-order valence-corrected chi connectivity index (χ2v) is 6.53. The van der Waals surface area contributed by atoms with E-state index in [2.05, 4.69) is 34.1 Å². The van der Waals surface area contributed by atoms with Crippen LogP contribution >= 0.6 is 0 Å². The molecule has 0 aliphatic carbocycles. The van der Waals surface area contributed by atoms with Crippen molar-refractivity contribution in [3.05, 3.63) is 76.4 Å². The SMILES string of the molecule is O=[N+]([O-])c1ccccc1OCCN1CCN(C/C=C/c2ccccc2)CC1. The van der Waals surface area contributed by atoms with Crippen molar-refractivity contribution in [2.24, 2.45) is 0 Å². The highest BCUT2D eigenvalue weighted by molar-refractivity contribution is 5.48. The van der Waals surface area contributed by atoms with Gasteiger partial charge in [0.25, 0.3) is 0 Å². The maximum atomic E-state index is 11.0. The van der Waals surface area contributed by atoms with Gasteiger partial charge in [0, 0.05) is 45.3 Å². The fourth-order valence-corrected chi connectivity index (χ4v) is 3.11. The number of rotatable bonds is 8. The van der Waals surface area contributed by atoms with E-state index in [9.17, 15) is 10.1 Å². The zero-order chi connectivity index (χ0) is 18.9. The summed E-state index contributed by atoms with van der Waals surface area (Å²) in [7, 11) is 0. The van der Waals surface area contributed by atoms with Crippen molar-refractivity contribution < 1.29 is 9.66 Å². The van der Waals surface area contributed by atoms with Crippen molar-refractivity contribution in [2.45, 2.75) is 0 Å². The number of hydrogen-bond acceptors (Lipinski definition) is 5. The summed E-state index contributed by atoms with van der Waals surface area (Å²) < 4.78 is 5.63. The lowest BCUT2D eigenvalue weighted by molar-refractivity contribution is -0.385. The molecule has 1 aliphatic rings. The highest BCUT2D eigenvalue weighted by Crippen LogP contribution is 2.25. The highest BCUT2D eigenvalue weighted by atomic mass is 16.6. The molecule has 142 valence electrons. The van der Waals surface area contributed by atoms with Crippen LogP contribution in [0.4, 0.5) is 5.69 Å². The molecule has 0 N–H and O–H groups in total. The molecule has 0 bridgehead atoms. The van der Waals surface area contributed by atoms with Gasteiger partial charge in [-0.1, -0.05) is 54.6 Å². The molecule has 1 fully saturated rings. The molecule has 6 heteroatoms. The van der Waals surface area contributed by atoms with Crippen molar-refractivity contribution in [1.29, 1.82) is 0 Å². The number of nitro benzene ring substituents is 1. The lowest BCUT2D eigenvalue weighted by atomic mass is 10.2. The van der Waals surface area contributed by atoms with Gasteiger partial charge in [-0.05, 0) is 11.6 Å². The van der Waals surface area contributed by atoms with E-state index >= 15 is 0 Å². The van der Waals surface area contributed by atoms with Crippen LogP contribution in [-0.2, 0) is 0 Å². The Balaban J connectivity index is 1.36. The number of piperazine rings is 1. The Morgan fingerprint density at radius 1 is 0.963 bits per heavy atom. The van der Waals surface area contributed by atoms with E-state index in [1.54, 1.807) is 18.2 Å². The summed E-state index contributed by atoms with van der Waals surface area (Å²) >= 11 is 0. The van der Waals surface area contributed by atoms with Crippen molar-refractivity contribution in [3.8, 4) is 5.75 Å². The number of nitro groups is 1. The molecule has 1 heterocycles. The zero-order valence-corrected chi connectivity index (χ0v) is 15.4. The third-order valence-corrected chi connectivity index (χ3v) is 4.67. The Bertz CT molecular complexity index is 756. The maximum absolute atomic E-state index is 11.0. The molecule has 27 heavy (non-hydrogen) atoms. The van der Waals surface area contributed by atoms with Gasteiger partial charge < -0.3 is 4.74 Å². The summed E-state index contributed by atoms with van der Waals surface area (Å²) in [6.45, 7) is 6.20. The fraction of sp³-hybridized carbons (Fsp3) is 0.333. The van der Waals surface area contributed by atoms with E-state index in [1.165, 1.54) is 11.6 Å². The van der Waals surface area contributed by atoms with Crippen molar-refractivity contribution >= 4 is 11.8 Å². The topological polar surface area (TPSA) is 58.9 Å². The Labute approximate surface area is 159 Å². The lowest BCUT2D eigenvalue weighted by Crippen LogP contribution is -2.47. The predicted molar refractivity (Wildman–Crippen MR) is 107 cm³/mol. The van der Waals surface area contributed by atoms with E-state index in [4.69, 9.17) is 4.74 Å². The summed E-state index contributed by atoms with van der Waals surface area (Å²) in [6, 6.07) is 16.8. The Kier molecular flexibility index (Phi) is 6.96. The fourth-order valence-electron chi connectivity index (χ4n) is 3.11. The van der Waals surface area contributed by atoms with Gasteiger partial charge in [-0.2, -0.15) is 0 Å². The number of ether oxygens (including phenoxy) is 1. The Morgan fingerprint density at radius 3 is 2.37 bits per heavy atom. The summed E-state index contributed by atoms with van der Waals surface area (Å²) in [5, 5.41) is 11.0. The van der Waals surface area contributed by atoms with E-state index in [-0.39, 0.29) is 5.69 Å². The summed E-state index contributed by atoms with van der Waals surface area (Å²) in [4.78, 5) is 15.4. The van der Waals surface area contributed by atoms with E-state index in [1.807, 2.05) is 18.2 Å². The standard InChI is InChI=1S/C21H25N3O3/c25-24(26)20-10-4-5-11-21(20)27-18-17-23-15-13-22(14-16-23)12-6-9-19-7-2-1-3-8-19/h1-11H,12-18H2/b9-6+. The van der Waals surface area contributed by atoms with Gasteiger partial charge in [-0.15, -0.1) is 0 Å². The molecule has 3 rings (SSSR count). The molecule has 0 spiro atoms. The second-order valence-electron chi connectivity index (χ2n) is 6.53. The molecule has 2 aromatic carbocycles. The van der Waals surface area contributed by atoms with Crippen LogP contribution in [0.1, 0.15) is 5.56 Å². The Morgan fingerprint density at radius 2 is 1.63 bits per heavy atom. The first-order valence-corrected chi connectivity index (χ1v) is 9.25. The molecule has 1 saturated heterocycles. The van der Waals surface area contributed by atoms with Crippen LogP contribution in [0, 0.1) is 10.1 Å². The normalized spacial score (nSPS) is 15.9. The minimum Gasteiger partial charge on any atom is -0.485 e. The Hall–Kier alpha value is -2.70. The van der Waals surface area contributed by atoms with Crippen LogP contribution in [-0.4, -0.2) is 60.6 Å². The minimum atomic E-state index is -0.406. The molecule has 0 amide bonds.